The molecule has 0 saturated carbocycles. The van der Waals surface area contributed by atoms with Gasteiger partial charge in [-0.25, -0.2) is 0 Å². The monoisotopic (exact) mass is 352 g/mol. The third-order valence-corrected chi connectivity index (χ3v) is 3.92. The number of nitrogens with one attached hydrogen (secondary N) is 2. The average Bonchev–Trinajstić information content (AvgIpc) is 2.63. The van der Waals surface area contributed by atoms with E-state index >= 15 is 0 Å². The van der Waals surface area contributed by atoms with Crippen molar-refractivity contribution in [1.82, 2.24) is 10.6 Å². The van der Waals surface area contributed by atoms with Gasteiger partial charge in [-0.15, -0.1) is 0 Å². The van der Waals surface area contributed by atoms with Gasteiger partial charge in [0.1, 0.15) is 11.9 Å². The highest BCUT2D eigenvalue weighted by molar-refractivity contribution is 5.81. The summed E-state index contributed by atoms with van der Waals surface area (Å²) in [6.07, 6.45) is -0.552. The molecule has 1 rings (SSSR count). The van der Waals surface area contributed by atoms with E-state index in [1.807, 2.05) is 24.3 Å². The smallest absolute Gasteiger partial charge is 0.249 e. The highest BCUT2D eigenvalue weighted by atomic mass is 16.5. The molecular formula is C18H28N2O5. The van der Waals surface area contributed by atoms with Gasteiger partial charge in [0, 0.05) is 24.9 Å². The molecule has 0 radical (unpaired) electrons. The SMILES string of the molecule is COc1ccc(CNC(=O)CCCNC(=O)[C@H](O)C(C)(C)CO)cc1. The van der Waals surface area contributed by atoms with Gasteiger partial charge in [0.25, 0.3) is 0 Å². The van der Waals surface area contributed by atoms with E-state index in [0.29, 0.717) is 13.0 Å². The Morgan fingerprint density at radius 2 is 1.84 bits per heavy atom. The first-order valence-electron chi connectivity index (χ1n) is 8.26. The first-order valence-corrected chi connectivity index (χ1v) is 8.26. The minimum atomic E-state index is -1.29. The van der Waals surface area contributed by atoms with Crippen molar-refractivity contribution in [3.8, 4) is 5.75 Å². The van der Waals surface area contributed by atoms with Crippen LogP contribution >= 0.6 is 0 Å². The minimum absolute atomic E-state index is 0.110. The van der Waals surface area contributed by atoms with E-state index < -0.39 is 17.4 Å². The molecule has 0 heterocycles. The Labute approximate surface area is 148 Å². The van der Waals surface area contributed by atoms with Gasteiger partial charge in [0.05, 0.1) is 13.7 Å². The molecule has 0 unspecified atom stereocenters. The molecule has 0 saturated heterocycles. The number of rotatable bonds is 10. The van der Waals surface area contributed by atoms with Crippen molar-refractivity contribution in [2.45, 2.75) is 39.3 Å². The van der Waals surface area contributed by atoms with Gasteiger partial charge in [0.2, 0.25) is 11.8 Å². The Morgan fingerprint density at radius 1 is 1.20 bits per heavy atom. The molecule has 0 bridgehead atoms. The molecule has 1 atom stereocenters. The molecule has 0 aliphatic heterocycles. The van der Waals surface area contributed by atoms with Crippen LogP contribution in [0.5, 0.6) is 5.75 Å². The van der Waals surface area contributed by atoms with Gasteiger partial charge in [0.15, 0.2) is 0 Å². The lowest BCUT2D eigenvalue weighted by molar-refractivity contribution is -0.137. The lowest BCUT2D eigenvalue weighted by atomic mass is 9.87. The zero-order valence-corrected chi connectivity index (χ0v) is 15.0. The summed E-state index contributed by atoms with van der Waals surface area (Å²) in [6, 6.07) is 7.42. The van der Waals surface area contributed by atoms with Crippen molar-refractivity contribution in [3.05, 3.63) is 29.8 Å². The Bertz CT molecular complexity index is 557. The minimum Gasteiger partial charge on any atom is -0.497 e. The van der Waals surface area contributed by atoms with Crippen LogP contribution in [0.3, 0.4) is 0 Å². The molecule has 25 heavy (non-hydrogen) atoms. The summed E-state index contributed by atoms with van der Waals surface area (Å²) in [4.78, 5) is 23.6. The van der Waals surface area contributed by atoms with Crippen molar-refractivity contribution in [3.63, 3.8) is 0 Å². The summed E-state index contributed by atoms with van der Waals surface area (Å²) >= 11 is 0. The molecule has 1 aromatic rings. The van der Waals surface area contributed by atoms with E-state index in [1.54, 1.807) is 21.0 Å². The number of benzene rings is 1. The standard InChI is InChI=1S/C18H28N2O5/c1-18(2,12-21)16(23)17(24)19-10-4-5-15(22)20-11-13-6-8-14(25-3)9-7-13/h6-9,16,21,23H,4-5,10-12H2,1-3H3,(H,19,24)(H,20,22)/t16-/m0/s1. The predicted octanol–water partition coefficient (Wildman–Crippen LogP) is 0.587. The maximum atomic E-state index is 11.8. The largest absolute Gasteiger partial charge is 0.497 e. The fourth-order valence-electron chi connectivity index (χ4n) is 2.03. The number of aliphatic hydroxyl groups is 2. The fourth-order valence-corrected chi connectivity index (χ4v) is 2.03. The molecule has 0 fully saturated rings. The van der Waals surface area contributed by atoms with E-state index in [-0.39, 0.29) is 25.5 Å². The molecule has 0 aliphatic rings. The van der Waals surface area contributed by atoms with Crippen LogP contribution in [0, 0.1) is 5.41 Å². The molecule has 140 valence electrons. The summed E-state index contributed by atoms with van der Waals surface area (Å²) in [5.41, 5.74) is 0.0663. The number of hydrogen-bond acceptors (Lipinski definition) is 5. The van der Waals surface area contributed by atoms with E-state index in [4.69, 9.17) is 9.84 Å². The topological polar surface area (TPSA) is 108 Å². The zero-order valence-electron chi connectivity index (χ0n) is 15.0. The third-order valence-electron chi connectivity index (χ3n) is 3.92. The molecule has 7 nitrogen and oxygen atoms in total. The fraction of sp³-hybridized carbons (Fsp3) is 0.556. The van der Waals surface area contributed by atoms with E-state index in [1.165, 1.54) is 0 Å². The van der Waals surface area contributed by atoms with Crippen LogP contribution in [0.2, 0.25) is 0 Å². The number of carbonyl (C=O) groups excluding carboxylic acids is 2. The van der Waals surface area contributed by atoms with Crippen molar-refractivity contribution in [2.75, 3.05) is 20.3 Å². The van der Waals surface area contributed by atoms with Crippen LogP contribution in [-0.4, -0.2) is 48.4 Å². The van der Waals surface area contributed by atoms with Gasteiger partial charge in [-0.1, -0.05) is 26.0 Å². The van der Waals surface area contributed by atoms with Gasteiger partial charge >= 0.3 is 0 Å². The molecule has 0 aliphatic carbocycles. The second kappa shape index (κ2) is 10.0. The predicted molar refractivity (Wildman–Crippen MR) is 94.0 cm³/mol. The molecule has 4 N–H and O–H groups in total. The molecule has 7 heteroatoms. The first-order chi connectivity index (χ1) is 11.8. The van der Waals surface area contributed by atoms with Crippen LogP contribution in [0.15, 0.2) is 24.3 Å². The second-order valence-electron chi connectivity index (χ2n) is 6.57. The first kappa shape index (κ1) is 20.9. The molecule has 1 aromatic carbocycles. The highest BCUT2D eigenvalue weighted by Gasteiger charge is 2.32. The normalized spacial score (nSPS) is 12.4. The summed E-state index contributed by atoms with van der Waals surface area (Å²) in [7, 11) is 1.60. The molecule has 0 aromatic heterocycles. The third kappa shape index (κ3) is 7.11. The number of amides is 2. The van der Waals surface area contributed by atoms with Gasteiger partial charge in [-0.05, 0) is 24.1 Å². The average molecular weight is 352 g/mol. The lowest BCUT2D eigenvalue weighted by Gasteiger charge is -2.27. The summed E-state index contributed by atoms with van der Waals surface area (Å²) in [6.45, 7) is 3.62. The van der Waals surface area contributed by atoms with Crippen molar-refractivity contribution in [2.24, 2.45) is 5.41 Å². The Balaban J connectivity index is 2.23. The van der Waals surface area contributed by atoms with Gasteiger partial charge in [-0.2, -0.15) is 0 Å². The van der Waals surface area contributed by atoms with Crippen LogP contribution in [0.1, 0.15) is 32.3 Å². The van der Waals surface area contributed by atoms with Gasteiger partial charge < -0.3 is 25.6 Å². The van der Waals surface area contributed by atoms with Crippen molar-refractivity contribution < 1.29 is 24.5 Å². The van der Waals surface area contributed by atoms with Crippen LogP contribution in [-0.2, 0) is 16.1 Å². The Hall–Kier alpha value is -2.12. The van der Waals surface area contributed by atoms with Crippen molar-refractivity contribution in [1.29, 1.82) is 0 Å². The number of methoxy groups -OCH3 is 1. The van der Waals surface area contributed by atoms with E-state index in [2.05, 4.69) is 10.6 Å². The number of carbonyl (C=O) groups is 2. The van der Waals surface area contributed by atoms with Crippen molar-refractivity contribution >= 4 is 11.8 Å². The second-order valence-corrected chi connectivity index (χ2v) is 6.57. The summed E-state index contributed by atoms with van der Waals surface area (Å²) in [5.74, 6) is 0.108. The molecule has 0 spiro atoms. The van der Waals surface area contributed by atoms with Crippen LogP contribution in [0.25, 0.3) is 0 Å². The summed E-state index contributed by atoms with van der Waals surface area (Å²) in [5, 5.41) is 24.4. The maximum Gasteiger partial charge on any atom is 0.249 e. The summed E-state index contributed by atoms with van der Waals surface area (Å²) < 4.78 is 5.07. The van der Waals surface area contributed by atoms with Gasteiger partial charge in [-0.3, -0.25) is 9.59 Å². The molecule has 2 amide bonds. The lowest BCUT2D eigenvalue weighted by Crippen LogP contribution is -2.45. The zero-order chi connectivity index (χ0) is 18.9. The number of hydrogen-bond donors (Lipinski definition) is 4. The number of aliphatic hydroxyl groups excluding tert-OH is 2. The Morgan fingerprint density at radius 3 is 2.40 bits per heavy atom. The van der Waals surface area contributed by atoms with E-state index in [0.717, 1.165) is 11.3 Å². The van der Waals surface area contributed by atoms with E-state index in [9.17, 15) is 14.7 Å². The van der Waals surface area contributed by atoms with Crippen LogP contribution < -0.4 is 15.4 Å². The highest BCUT2D eigenvalue weighted by Crippen LogP contribution is 2.19. The quantitative estimate of drug-likeness (QED) is 0.461. The maximum absolute atomic E-state index is 11.8. The number of ether oxygens (including phenoxy) is 1. The Kier molecular flexibility index (Phi) is 8.37. The van der Waals surface area contributed by atoms with Crippen LogP contribution in [0.4, 0.5) is 0 Å². The molecular weight excluding hydrogens is 324 g/mol.